The second kappa shape index (κ2) is 4.94. The number of rotatable bonds is 3. The number of Topliss-reactive ketones (excluding diaryl/α,β-unsaturated/α-hetero) is 1. The van der Waals surface area contributed by atoms with Crippen LogP contribution in [0.2, 0.25) is 0 Å². The molecule has 2 rings (SSSR count). The predicted molar refractivity (Wildman–Crippen MR) is 73.3 cm³/mol. The van der Waals surface area contributed by atoms with Gasteiger partial charge in [0.1, 0.15) is 0 Å². The molecule has 0 atom stereocenters. The first-order valence-corrected chi connectivity index (χ1v) is 5.72. The van der Waals surface area contributed by atoms with Gasteiger partial charge in [0.25, 0.3) is 0 Å². The van der Waals surface area contributed by atoms with E-state index in [1.165, 1.54) is 13.0 Å². The van der Waals surface area contributed by atoms with Crippen LogP contribution < -0.4 is 5.73 Å². The lowest BCUT2D eigenvalue weighted by Crippen LogP contribution is -1.99. The molecule has 0 saturated heterocycles. The minimum absolute atomic E-state index is 0.00893. The van der Waals surface area contributed by atoms with Gasteiger partial charge >= 0.3 is 5.97 Å². The number of benzene rings is 2. The Morgan fingerprint density at radius 1 is 0.947 bits per heavy atom. The maximum atomic E-state index is 11.2. The Labute approximate surface area is 110 Å². The molecule has 0 spiro atoms. The third-order valence-corrected chi connectivity index (χ3v) is 2.83. The first-order chi connectivity index (χ1) is 8.97. The van der Waals surface area contributed by atoms with Crippen LogP contribution >= 0.6 is 0 Å². The van der Waals surface area contributed by atoms with Gasteiger partial charge in [0.2, 0.25) is 0 Å². The lowest BCUT2D eigenvalue weighted by atomic mass is 10.00. The number of nitrogens with two attached hydrogens (primary N) is 1. The van der Waals surface area contributed by atoms with Crippen molar-refractivity contribution in [2.75, 3.05) is 5.73 Å². The molecular weight excluding hydrogens is 242 g/mol. The number of carboxylic acids is 1. The summed E-state index contributed by atoms with van der Waals surface area (Å²) in [6.07, 6.45) is 0. The zero-order valence-electron chi connectivity index (χ0n) is 10.4. The summed E-state index contributed by atoms with van der Waals surface area (Å²) in [6.45, 7) is 1.50. The van der Waals surface area contributed by atoms with Crippen LogP contribution in [0, 0.1) is 0 Å². The Morgan fingerprint density at radius 3 is 2.11 bits per heavy atom. The molecule has 0 aromatic heterocycles. The van der Waals surface area contributed by atoms with E-state index in [4.69, 9.17) is 10.8 Å². The fourth-order valence-corrected chi connectivity index (χ4v) is 1.84. The molecule has 0 amide bonds. The van der Waals surface area contributed by atoms with Crippen molar-refractivity contribution < 1.29 is 14.7 Å². The predicted octanol–water partition coefficient (Wildman–Crippen LogP) is 2.84. The smallest absolute Gasteiger partial charge is 0.335 e. The van der Waals surface area contributed by atoms with Crippen molar-refractivity contribution in [3.63, 3.8) is 0 Å². The molecule has 2 aromatic rings. The molecule has 0 unspecified atom stereocenters. The van der Waals surface area contributed by atoms with Gasteiger partial charge in [-0.15, -0.1) is 0 Å². The number of carboxylic acid groups (broad SMARTS) is 1. The number of hydrogen-bond donors (Lipinski definition) is 2. The van der Waals surface area contributed by atoms with Crippen LogP contribution in [0.4, 0.5) is 5.69 Å². The van der Waals surface area contributed by atoms with E-state index >= 15 is 0 Å². The van der Waals surface area contributed by atoms with E-state index in [0.717, 1.165) is 5.56 Å². The van der Waals surface area contributed by atoms with Crippen molar-refractivity contribution in [3.05, 3.63) is 53.6 Å². The van der Waals surface area contributed by atoms with Crippen molar-refractivity contribution >= 4 is 17.4 Å². The van der Waals surface area contributed by atoms with Gasteiger partial charge in [-0.1, -0.05) is 24.3 Å². The Kier molecular flexibility index (Phi) is 3.33. The van der Waals surface area contributed by atoms with Crippen molar-refractivity contribution in [1.82, 2.24) is 0 Å². The summed E-state index contributed by atoms with van der Waals surface area (Å²) in [4.78, 5) is 22.2. The molecule has 19 heavy (non-hydrogen) atoms. The van der Waals surface area contributed by atoms with E-state index < -0.39 is 5.97 Å². The molecule has 0 fully saturated rings. The average Bonchev–Trinajstić information content (AvgIpc) is 2.38. The molecule has 0 aliphatic rings. The maximum absolute atomic E-state index is 11.2. The highest BCUT2D eigenvalue weighted by Crippen LogP contribution is 2.24. The summed E-state index contributed by atoms with van der Waals surface area (Å²) >= 11 is 0. The van der Waals surface area contributed by atoms with Gasteiger partial charge in [-0.25, -0.2) is 4.79 Å². The molecule has 0 radical (unpaired) electrons. The highest BCUT2D eigenvalue weighted by molar-refractivity contribution is 5.95. The first-order valence-electron chi connectivity index (χ1n) is 5.72. The molecule has 0 saturated carbocycles. The van der Waals surface area contributed by atoms with Crippen molar-refractivity contribution in [1.29, 1.82) is 0 Å². The van der Waals surface area contributed by atoms with Gasteiger partial charge in [-0.2, -0.15) is 0 Å². The minimum atomic E-state index is -1.02. The topological polar surface area (TPSA) is 80.4 Å². The van der Waals surface area contributed by atoms with Gasteiger partial charge in [0.05, 0.1) is 5.56 Å². The molecule has 4 heteroatoms. The van der Waals surface area contributed by atoms with Crippen LogP contribution in [-0.2, 0) is 0 Å². The van der Waals surface area contributed by atoms with E-state index in [9.17, 15) is 9.59 Å². The lowest BCUT2D eigenvalue weighted by molar-refractivity contribution is 0.0696. The van der Waals surface area contributed by atoms with E-state index in [1.54, 1.807) is 36.4 Å². The molecule has 96 valence electrons. The van der Waals surface area contributed by atoms with E-state index in [-0.39, 0.29) is 11.3 Å². The minimum Gasteiger partial charge on any atom is -0.478 e. The quantitative estimate of drug-likeness (QED) is 0.652. The van der Waals surface area contributed by atoms with Gasteiger partial charge in [0.15, 0.2) is 5.78 Å². The normalized spacial score (nSPS) is 10.2. The molecule has 2 aromatic carbocycles. The Hall–Kier alpha value is -2.62. The highest BCUT2D eigenvalue weighted by atomic mass is 16.4. The maximum Gasteiger partial charge on any atom is 0.335 e. The number of carbonyl (C=O) groups excluding carboxylic acids is 1. The number of hydrogen-bond acceptors (Lipinski definition) is 3. The SMILES string of the molecule is CC(=O)c1ccc(-c2cc(N)cc(C(=O)O)c2)cc1. The summed E-state index contributed by atoms with van der Waals surface area (Å²) in [6, 6.07) is 11.6. The number of aromatic carboxylic acids is 1. The third kappa shape index (κ3) is 2.80. The molecular formula is C15H13NO3. The lowest BCUT2D eigenvalue weighted by Gasteiger charge is -2.06. The number of ketones is 1. The molecule has 4 nitrogen and oxygen atoms in total. The van der Waals surface area contributed by atoms with Gasteiger partial charge in [-0.05, 0) is 36.2 Å². The second-order valence-corrected chi connectivity index (χ2v) is 4.28. The molecule has 0 aliphatic heterocycles. The monoisotopic (exact) mass is 255 g/mol. The van der Waals surface area contributed by atoms with Crippen LogP contribution in [0.15, 0.2) is 42.5 Å². The summed E-state index contributed by atoms with van der Waals surface area (Å²) in [5.41, 5.74) is 8.38. The van der Waals surface area contributed by atoms with Gasteiger partial charge in [0, 0.05) is 11.3 Å². The Morgan fingerprint density at radius 2 is 1.58 bits per heavy atom. The molecule has 0 bridgehead atoms. The zero-order valence-corrected chi connectivity index (χ0v) is 10.4. The van der Waals surface area contributed by atoms with E-state index in [2.05, 4.69) is 0 Å². The molecule has 3 N–H and O–H groups in total. The zero-order chi connectivity index (χ0) is 14.0. The van der Waals surface area contributed by atoms with Gasteiger partial charge < -0.3 is 10.8 Å². The van der Waals surface area contributed by atoms with E-state index in [0.29, 0.717) is 16.8 Å². The van der Waals surface area contributed by atoms with E-state index in [1.807, 2.05) is 0 Å². The largest absolute Gasteiger partial charge is 0.478 e. The van der Waals surface area contributed by atoms with Crippen LogP contribution in [-0.4, -0.2) is 16.9 Å². The van der Waals surface area contributed by atoms with Crippen molar-refractivity contribution in [3.8, 4) is 11.1 Å². The fourth-order valence-electron chi connectivity index (χ4n) is 1.84. The van der Waals surface area contributed by atoms with Crippen LogP contribution in [0.1, 0.15) is 27.6 Å². The number of carbonyl (C=O) groups is 2. The average molecular weight is 255 g/mol. The summed E-state index contributed by atoms with van der Waals surface area (Å²) in [7, 11) is 0. The Balaban J connectivity index is 2.46. The number of anilines is 1. The van der Waals surface area contributed by atoms with Crippen molar-refractivity contribution in [2.24, 2.45) is 0 Å². The molecule has 0 heterocycles. The van der Waals surface area contributed by atoms with Crippen LogP contribution in [0.5, 0.6) is 0 Å². The Bertz CT molecular complexity index is 645. The standard InChI is InChI=1S/C15H13NO3/c1-9(17)10-2-4-11(5-3-10)12-6-13(15(18)19)8-14(16)7-12/h2-8H,16H2,1H3,(H,18,19). The second-order valence-electron chi connectivity index (χ2n) is 4.28. The number of nitrogen functional groups attached to an aromatic ring is 1. The third-order valence-electron chi connectivity index (χ3n) is 2.83. The van der Waals surface area contributed by atoms with Gasteiger partial charge in [-0.3, -0.25) is 4.79 Å². The first kappa shape index (κ1) is 12.8. The fraction of sp³-hybridized carbons (Fsp3) is 0.0667. The van der Waals surface area contributed by atoms with Crippen LogP contribution in [0.3, 0.4) is 0 Å². The van der Waals surface area contributed by atoms with Crippen LogP contribution in [0.25, 0.3) is 11.1 Å². The summed E-state index contributed by atoms with van der Waals surface area (Å²) in [5.74, 6) is -1.03. The highest BCUT2D eigenvalue weighted by Gasteiger charge is 2.07. The van der Waals surface area contributed by atoms with Crippen molar-refractivity contribution in [2.45, 2.75) is 6.92 Å². The summed E-state index contributed by atoms with van der Waals surface area (Å²) < 4.78 is 0. The molecule has 0 aliphatic carbocycles. The summed E-state index contributed by atoms with van der Waals surface area (Å²) in [5, 5.41) is 9.00.